The van der Waals surface area contributed by atoms with Crippen LogP contribution in [0.15, 0.2) is 18.2 Å². The van der Waals surface area contributed by atoms with Gasteiger partial charge >= 0.3 is 0 Å². The van der Waals surface area contributed by atoms with Crippen molar-refractivity contribution in [2.75, 3.05) is 11.9 Å². The third-order valence-corrected chi connectivity index (χ3v) is 4.15. The topological polar surface area (TPSA) is 3.24 Å². The first kappa shape index (κ1) is 13.9. The molecular weight excluding hydrogens is 300 g/mol. The summed E-state index contributed by atoms with van der Waals surface area (Å²) in [6.45, 7) is 1.34. The molecule has 1 aliphatic heterocycles. The molecule has 4 heteroatoms. The van der Waals surface area contributed by atoms with E-state index >= 15 is 0 Å². The molecule has 0 spiro atoms. The smallest absolute Gasteiger partial charge is 0.130 e. The third kappa shape index (κ3) is 3.29. The van der Waals surface area contributed by atoms with Crippen LogP contribution in [0.3, 0.4) is 0 Å². The fourth-order valence-electron chi connectivity index (χ4n) is 2.63. The van der Waals surface area contributed by atoms with Crippen molar-refractivity contribution >= 4 is 15.9 Å². The Bertz CT molecular complexity index is 377. The van der Waals surface area contributed by atoms with Gasteiger partial charge in [0.05, 0.1) is 0 Å². The predicted molar refractivity (Wildman–Crippen MR) is 72.8 cm³/mol. The van der Waals surface area contributed by atoms with Crippen LogP contribution in [0.2, 0.25) is 0 Å². The van der Waals surface area contributed by atoms with Gasteiger partial charge in [-0.2, -0.15) is 0 Å². The molecule has 1 nitrogen and oxygen atoms in total. The summed E-state index contributed by atoms with van der Waals surface area (Å²) in [5.41, 5.74) is 0.211. The number of halogens is 3. The molecule has 1 atom stereocenters. The highest BCUT2D eigenvalue weighted by atomic mass is 79.9. The first-order valence-corrected chi connectivity index (χ1v) is 7.57. The Balaban J connectivity index is 2.03. The largest absolute Gasteiger partial charge is 0.296 e. The van der Waals surface area contributed by atoms with Crippen molar-refractivity contribution in [2.24, 2.45) is 0 Å². The minimum Gasteiger partial charge on any atom is -0.296 e. The third-order valence-electron chi connectivity index (χ3n) is 3.59. The van der Waals surface area contributed by atoms with Gasteiger partial charge < -0.3 is 0 Å². The van der Waals surface area contributed by atoms with Gasteiger partial charge in [-0.1, -0.05) is 22.0 Å². The van der Waals surface area contributed by atoms with Gasteiger partial charge in [-0.15, -0.1) is 0 Å². The lowest BCUT2D eigenvalue weighted by atomic mass is 10.1. The summed E-state index contributed by atoms with van der Waals surface area (Å²) in [6.07, 6.45) is 4.48. The van der Waals surface area contributed by atoms with Crippen molar-refractivity contribution in [3.05, 3.63) is 35.4 Å². The molecule has 18 heavy (non-hydrogen) atoms. The Morgan fingerprint density at radius 1 is 1.28 bits per heavy atom. The Hall–Kier alpha value is -0.480. The number of alkyl halides is 1. The molecule has 2 rings (SSSR count). The Morgan fingerprint density at radius 3 is 2.67 bits per heavy atom. The van der Waals surface area contributed by atoms with Gasteiger partial charge in [-0.05, 0) is 44.4 Å². The van der Waals surface area contributed by atoms with E-state index in [1.165, 1.54) is 18.2 Å². The van der Waals surface area contributed by atoms with Crippen LogP contribution in [-0.2, 0) is 6.54 Å². The normalized spacial score (nSPS) is 20.5. The van der Waals surface area contributed by atoms with E-state index in [0.717, 1.165) is 37.6 Å². The molecule has 0 saturated carbocycles. The number of hydrogen-bond acceptors (Lipinski definition) is 1. The average molecular weight is 318 g/mol. The van der Waals surface area contributed by atoms with Gasteiger partial charge in [0.25, 0.3) is 0 Å². The highest BCUT2D eigenvalue weighted by Crippen LogP contribution is 2.25. The summed E-state index contributed by atoms with van der Waals surface area (Å²) in [4.78, 5) is 2.21. The van der Waals surface area contributed by atoms with Crippen LogP contribution in [0.1, 0.15) is 31.2 Å². The summed E-state index contributed by atoms with van der Waals surface area (Å²) in [6, 6.07) is 4.56. The fraction of sp³-hybridized carbons (Fsp3) is 0.571. The maximum atomic E-state index is 13.6. The van der Waals surface area contributed by atoms with Crippen molar-refractivity contribution in [3.8, 4) is 0 Å². The maximum absolute atomic E-state index is 13.6. The Labute approximate surface area is 115 Å². The lowest BCUT2D eigenvalue weighted by Crippen LogP contribution is -2.29. The number of rotatable bonds is 5. The van der Waals surface area contributed by atoms with E-state index in [1.807, 2.05) is 0 Å². The highest BCUT2D eigenvalue weighted by Gasteiger charge is 2.25. The van der Waals surface area contributed by atoms with E-state index in [0.29, 0.717) is 12.6 Å². The zero-order valence-electron chi connectivity index (χ0n) is 10.3. The van der Waals surface area contributed by atoms with Crippen molar-refractivity contribution < 1.29 is 8.78 Å². The predicted octanol–water partition coefficient (Wildman–Crippen LogP) is 4.10. The molecule has 0 radical (unpaired) electrons. The second kappa shape index (κ2) is 6.62. The van der Waals surface area contributed by atoms with Crippen LogP contribution in [-0.4, -0.2) is 22.8 Å². The van der Waals surface area contributed by atoms with Gasteiger partial charge in [-0.25, -0.2) is 8.78 Å². The fourth-order valence-corrected chi connectivity index (χ4v) is 2.95. The van der Waals surface area contributed by atoms with Crippen LogP contribution in [0, 0.1) is 11.6 Å². The quantitative estimate of drug-likeness (QED) is 0.739. The van der Waals surface area contributed by atoms with E-state index in [9.17, 15) is 8.78 Å². The average Bonchev–Trinajstić information content (AvgIpc) is 2.79. The summed E-state index contributed by atoms with van der Waals surface area (Å²) in [5.74, 6) is -0.859. The molecule has 0 aromatic heterocycles. The molecule has 0 bridgehead atoms. The van der Waals surface area contributed by atoms with E-state index in [2.05, 4.69) is 20.8 Å². The standard InChI is InChI=1S/C14H18BrF2N/c15-8-2-4-11-5-3-9-18(11)10-12-13(16)6-1-7-14(12)17/h1,6-7,11H,2-5,8-10H2. The van der Waals surface area contributed by atoms with Gasteiger partial charge in [0, 0.05) is 23.5 Å². The van der Waals surface area contributed by atoms with E-state index in [1.54, 1.807) is 0 Å². The zero-order chi connectivity index (χ0) is 13.0. The van der Waals surface area contributed by atoms with Crippen molar-refractivity contribution in [1.29, 1.82) is 0 Å². The highest BCUT2D eigenvalue weighted by molar-refractivity contribution is 9.09. The minimum atomic E-state index is -0.429. The molecule has 1 aliphatic rings. The van der Waals surface area contributed by atoms with Crippen molar-refractivity contribution in [1.82, 2.24) is 4.90 Å². The van der Waals surface area contributed by atoms with Crippen LogP contribution in [0.4, 0.5) is 8.78 Å². The Kier molecular flexibility index (Phi) is 5.13. The Morgan fingerprint density at radius 2 is 2.00 bits per heavy atom. The second-order valence-electron chi connectivity index (χ2n) is 4.80. The van der Waals surface area contributed by atoms with Crippen LogP contribution < -0.4 is 0 Å². The zero-order valence-corrected chi connectivity index (χ0v) is 11.9. The molecule has 1 aromatic rings. The van der Waals surface area contributed by atoms with Gasteiger partial charge in [-0.3, -0.25) is 4.90 Å². The molecule has 0 amide bonds. The lowest BCUT2D eigenvalue weighted by molar-refractivity contribution is 0.227. The van der Waals surface area contributed by atoms with Gasteiger partial charge in [0.15, 0.2) is 0 Å². The molecule has 1 aromatic carbocycles. The van der Waals surface area contributed by atoms with Gasteiger partial charge in [0.1, 0.15) is 11.6 Å². The molecule has 1 heterocycles. The van der Waals surface area contributed by atoms with Crippen molar-refractivity contribution in [3.63, 3.8) is 0 Å². The molecule has 1 saturated heterocycles. The number of nitrogens with zero attached hydrogens (tertiary/aromatic N) is 1. The van der Waals surface area contributed by atoms with Crippen molar-refractivity contribution in [2.45, 2.75) is 38.3 Å². The molecule has 0 N–H and O–H groups in total. The number of likely N-dealkylation sites (tertiary alicyclic amines) is 1. The number of benzene rings is 1. The SMILES string of the molecule is Fc1cccc(F)c1CN1CCCC1CCCBr. The first-order valence-electron chi connectivity index (χ1n) is 6.45. The minimum absolute atomic E-state index is 0.211. The summed E-state index contributed by atoms with van der Waals surface area (Å²) < 4.78 is 27.2. The molecule has 0 aliphatic carbocycles. The summed E-state index contributed by atoms with van der Waals surface area (Å²) in [7, 11) is 0. The first-order chi connectivity index (χ1) is 8.72. The second-order valence-corrected chi connectivity index (χ2v) is 5.59. The molecule has 1 fully saturated rings. The van der Waals surface area contributed by atoms with Crippen LogP contribution >= 0.6 is 15.9 Å². The summed E-state index contributed by atoms with van der Waals surface area (Å²) >= 11 is 3.43. The monoisotopic (exact) mass is 317 g/mol. The van der Waals surface area contributed by atoms with E-state index in [-0.39, 0.29) is 5.56 Å². The summed E-state index contributed by atoms with van der Waals surface area (Å²) in [5, 5.41) is 0.991. The molecule has 100 valence electrons. The molecular formula is C14H18BrF2N. The van der Waals surface area contributed by atoms with Crippen LogP contribution in [0.25, 0.3) is 0 Å². The van der Waals surface area contributed by atoms with E-state index < -0.39 is 11.6 Å². The molecule has 1 unspecified atom stereocenters. The number of hydrogen-bond donors (Lipinski definition) is 0. The van der Waals surface area contributed by atoms with Crippen LogP contribution in [0.5, 0.6) is 0 Å². The lowest BCUT2D eigenvalue weighted by Gasteiger charge is -2.24. The van der Waals surface area contributed by atoms with Gasteiger partial charge in [0.2, 0.25) is 0 Å². The maximum Gasteiger partial charge on any atom is 0.130 e. The van der Waals surface area contributed by atoms with E-state index in [4.69, 9.17) is 0 Å².